The molecule has 1 rings (SSSR count). The van der Waals surface area contributed by atoms with Gasteiger partial charge in [0.2, 0.25) is 5.91 Å². The van der Waals surface area contributed by atoms with Gasteiger partial charge in [-0.3, -0.25) is 4.79 Å². The predicted molar refractivity (Wildman–Crippen MR) is 63.9 cm³/mol. The third-order valence-electron chi connectivity index (χ3n) is 2.67. The van der Waals surface area contributed by atoms with Gasteiger partial charge >= 0.3 is 0 Å². The van der Waals surface area contributed by atoms with Crippen LogP contribution in [0.25, 0.3) is 0 Å². The summed E-state index contributed by atoms with van der Waals surface area (Å²) in [6.45, 7) is 2.31. The molecule has 18 heavy (non-hydrogen) atoms. The van der Waals surface area contributed by atoms with E-state index in [0.29, 0.717) is 13.0 Å². The van der Waals surface area contributed by atoms with Gasteiger partial charge in [0.15, 0.2) is 0 Å². The Morgan fingerprint density at radius 3 is 2.56 bits per heavy atom. The predicted octanol–water partition coefficient (Wildman–Crippen LogP) is 1.64. The highest BCUT2D eigenvalue weighted by Crippen LogP contribution is 2.12. The molecule has 1 aromatic carbocycles. The van der Waals surface area contributed by atoms with Crippen molar-refractivity contribution in [1.29, 1.82) is 0 Å². The quantitative estimate of drug-likeness (QED) is 0.814. The molecule has 0 aromatic heterocycles. The molecule has 1 aromatic rings. The Hall–Kier alpha value is -1.49. The first-order valence-corrected chi connectivity index (χ1v) is 5.85. The summed E-state index contributed by atoms with van der Waals surface area (Å²) >= 11 is 0. The third kappa shape index (κ3) is 4.41. The summed E-state index contributed by atoms with van der Waals surface area (Å²) in [7, 11) is 0. The summed E-state index contributed by atoms with van der Waals surface area (Å²) in [5.41, 5.74) is -0.218. The zero-order valence-corrected chi connectivity index (χ0v) is 10.2. The molecule has 0 spiro atoms. The summed E-state index contributed by atoms with van der Waals surface area (Å²) in [6.07, 6.45) is 0.263. The fourth-order valence-corrected chi connectivity index (χ4v) is 1.53. The molecule has 0 heterocycles. The molecule has 0 aliphatic carbocycles. The van der Waals surface area contributed by atoms with E-state index in [0.717, 1.165) is 12.1 Å². The molecular weight excluding hydrogens is 240 g/mol. The maximum atomic E-state index is 13.3. The molecular formula is C13H17F2NO2. The van der Waals surface area contributed by atoms with Crippen LogP contribution in [0.3, 0.4) is 0 Å². The molecule has 0 aliphatic heterocycles. The molecule has 2 N–H and O–H groups in total. The molecule has 0 bridgehead atoms. The van der Waals surface area contributed by atoms with E-state index < -0.39 is 17.5 Å². The van der Waals surface area contributed by atoms with E-state index in [1.807, 2.05) is 6.92 Å². The Morgan fingerprint density at radius 2 is 2.00 bits per heavy atom. The van der Waals surface area contributed by atoms with Gasteiger partial charge < -0.3 is 10.4 Å². The zero-order valence-electron chi connectivity index (χ0n) is 10.2. The van der Waals surface area contributed by atoms with Gasteiger partial charge in [-0.2, -0.15) is 0 Å². The maximum absolute atomic E-state index is 13.3. The van der Waals surface area contributed by atoms with Crippen molar-refractivity contribution in [1.82, 2.24) is 5.32 Å². The molecule has 3 nitrogen and oxygen atoms in total. The van der Waals surface area contributed by atoms with Gasteiger partial charge in [0, 0.05) is 18.7 Å². The molecule has 0 aliphatic rings. The monoisotopic (exact) mass is 257 g/mol. The number of rotatable bonds is 6. The van der Waals surface area contributed by atoms with Crippen LogP contribution < -0.4 is 5.32 Å². The normalized spacial score (nSPS) is 12.2. The van der Waals surface area contributed by atoms with E-state index in [1.165, 1.54) is 6.07 Å². The second-order valence-electron chi connectivity index (χ2n) is 4.30. The van der Waals surface area contributed by atoms with Crippen LogP contribution in [-0.2, 0) is 11.2 Å². The van der Waals surface area contributed by atoms with Crippen molar-refractivity contribution in [2.75, 3.05) is 13.2 Å². The number of aliphatic hydroxyl groups excluding tert-OH is 1. The lowest BCUT2D eigenvalue weighted by atomic mass is 10.1. The first-order chi connectivity index (χ1) is 8.54. The summed E-state index contributed by atoms with van der Waals surface area (Å²) in [5, 5.41) is 11.3. The lowest BCUT2D eigenvalue weighted by Crippen LogP contribution is -2.30. The summed E-state index contributed by atoms with van der Waals surface area (Å²) in [4.78, 5) is 11.5. The van der Waals surface area contributed by atoms with Crippen molar-refractivity contribution in [3.05, 3.63) is 35.4 Å². The average molecular weight is 257 g/mol. The molecule has 1 unspecified atom stereocenters. The maximum Gasteiger partial charge on any atom is 0.224 e. The first-order valence-electron chi connectivity index (χ1n) is 5.85. The zero-order chi connectivity index (χ0) is 13.5. The smallest absolute Gasteiger partial charge is 0.224 e. The van der Waals surface area contributed by atoms with Crippen LogP contribution in [0.2, 0.25) is 0 Å². The van der Waals surface area contributed by atoms with E-state index in [1.54, 1.807) is 0 Å². The van der Waals surface area contributed by atoms with Crippen LogP contribution in [0.5, 0.6) is 0 Å². The molecule has 5 heteroatoms. The van der Waals surface area contributed by atoms with E-state index in [2.05, 4.69) is 5.32 Å². The van der Waals surface area contributed by atoms with Gasteiger partial charge in [0.1, 0.15) is 11.6 Å². The molecule has 0 radical (unpaired) electrons. The third-order valence-corrected chi connectivity index (χ3v) is 2.67. The van der Waals surface area contributed by atoms with Gasteiger partial charge in [-0.25, -0.2) is 8.78 Å². The van der Waals surface area contributed by atoms with Crippen LogP contribution >= 0.6 is 0 Å². The minimum Gasteiger partial charge on any atom is -0.396 e. The van der Waals surface area contributed by atoms with Crippen LogP contribution in [0.4, 0.5) is 8.78 Å². The molecule has 0 saturated heterocycles. The minimum absolute atomic E-state index is 0.0545. The van der Waals surface area contributed by atoms with Gasteiger partial charge in [0.05, 0.1) is 6.42 Å². The summed E-state index contributed by atoms with van der Waals surface area (Å²) in [5.74, 6) is -1.73. The Balaban J connectivity index is 2.50. The van der Waals surface area contributed by atoms with Crippen molar-refractivity contribution in [3.8, 4) is 0 Å². The largest absolute Gasteiger partial charge is 0.396 e. The number of hydrogen-bond acceptors (Lipinski definition) is 2. The number of hydrogen-bond donors (Lipinski definition) is 2. The lowest BCUT2D eigenvalue weighted by molar-refractivity contribution is -0.120. The van der Waals surface area contributed by atoms with Crippen LogP contribution in [0.15, 0.2) is 18.2 Å². The van der Waals surface area contributed by atoms with Gasteiger partial charge in [0.25, 0.3) is 0 Å². The van der Waals surface area contributed by atoms with E-state index in [9.17, 15) is 13.6 Å². The van der Waals surface area contributed by atoms with Gasteiger partial charge in [-0.1, -0.05) is 13.0 Å². The second kappa shape index (κ2) is 7.06. The molecule has 1 atom stereocenters. The number of aliphatic hydroxyl groups is 1. The Bertz CT molecular complexity index is 390. The molecule has 0 saturated carbocycles. The lowest BCUT2D eigenvalue weighted by Gasteiger charge is -2.11. The van der Waals surface area contributed by atoms with Crippen LogP contribution in [0.1, 0.15) is 18.9 Å². The van der Waals surface area contributed by atoms with Crippen molar-refractivity contribution in [2.24, 2.45) is 5.92 Å². The van der Waals surface area contributed by atoms with E-state index in [-0.39, 0.29) is 24.5 Å². The van der Waals surface area contributed by atoms with E-state index in [4.69, 9.17) is 5.11 Å². The topological polar surface area (TPSA) is 49.3 Å². The number of carbonyl (C=O) groups excluding carboxylic acids is 1. The second-order valence-corrected chi connectivity index (χ2v) is 4.30. The molecule has 100 valence electrons. The van der Waals surface area contributed by atoms with Crippen LogP contribution in [-0.4, -0.2) is 24.2 Å². The highest BCUT2D eigenvalue weighted by molar-refractivity contribution is 5.78. The molecule has 1 amide bonds. The van der Waals surface area contributed by atoms with Crippen molar-refractivity contribution in [2.45, 2.75) is 19.8 Å². The Kier molecular flexibility index (Phi) is 5.71. The van der Waals surface area contributed by atoms with Crippen molar-refractivity contribution >= 4 is 5.91 Å². The SMILES string of the molecule is CC(CCO)CNC(=O)Cc1c(F)cccc1F. The number of halogens is 2. The Labute approximate surface area is 105 Å². The minimum atomic E-state index is -0.714. The van der Waals surface area contributed by atoms with Crippen molar-refractivity contribution in [3.63, 3.8) is 0 Å². The number of carbonyl (C=O) groups is 1. The first kappa shape index (κ1) is 14.6. The van der Waals surface area contributed by atoms with Gasteiger partial charge in [-0.15, -0.1) is 0 Å². The standard InChI is InChI=1S/C13H17F2NO2/c1-9(5-6-17)8-16-13(18)7-10-11(14)3-2-4-12(10)15/h2-4,9,17H,5-8H2,1H3,(H,16,18). The fourth-order valence-electron chi connectivity index (χ4n) is 1.53. The van der Waals surface area contributed by atoms with Crippen molar-refractivity contribution < 1.29 is 18.7 Å². The number of nitrogens with one attached hydrogen (secondary N) is 1. The Morgan fingerprint density at radius 1 is 1.39 bits per heavy atom. The highest BCUT2D eigenvalue weighted by atomic mass is 19.1. The molecule has 0 fully saturated rings. The summed E-state index contributed by atoms with van der Waals surface area (Å²) < 4.78 is 26.6. The number of benzene rings is 1. The van der Waals surface area contributed by atoms with E-state index >= 15 is 0 Å². The van der Waals surface area contributed by atoms with Gasteiger partial charge in [-0.05, 0) is 24.5 Å². The van der Waals surface area contributed by atoms with Crippen LogP contribution in [0, 0.1) is 17.6 Å². The highest BCUT2D eigenvalue weighted by Gasteiger charge is 2.13. The fraction of sp³-hybridized carbons (Fsp3) is 0.462. The summed E-state index contributed by atoms with van der Waals surface area (Å²) in [6, 6.07) is 3.51. The average Bonchev–Trinajstić information content (AvgIpc) is 2.32. The number of amides is 1.